The lowest BCUT2D eigenvalue weighted by Crippen LogP contribution is -2.38. The van der Waals surface area contributed by atoms with Crippen LogP contribution in [-0.2, 0) is 14.3 Å². The summed E-state index contributed by atoms with van der Waals surface area (Å²) in [5, 5.41) is 22.1. The Balaban J connectivity index is 1.70. The number of carbonyl (C=O) groups is 2. The van der Waals surface area contributed by atoms with E-state index < -0.39 is 34.2 Å². The van der Waals surface area contributed by atoms with Gasteiger partial charge in [0.05, 0.1) is 29.8 Å². The Morgan fingerprint density at radius 2 is 1.83 bits per heavy atom. The maximum Gasteiger partial charge on any atom is 0.295 e. The van der Waals surface area contributed by atoms with Gasteiger partial charge >= 0.3 is 0 Å². The number of rotatable bonds is 7. The van der Waals surface area contributed by atoms with Gasteiger partial charge in [-0.1, -0.05) is 12.1 Å². The van der Waals surface area contributed by atoms with Crippen molar-refractivity contribution in [2.45, 2.75) is 19.4 Å². The fourth-order valence-electron chi connectivity index (χ4n) is 4.42. The second-order valence-corrected chi connectivity index (χ2v) is 8.61. The van der Waals surface area contributed by atoms with Crippen LogP contribution in [0.5, 0.6) is 0 Å². The number of nitro benzene ring substituents is 1. The quantitative estimate of drug-likeness (QED) is 0.212. The zero-order valence-electron chi connectivity index (χ0n) is 19.3. The molecule has 2 aromatic rings. The topological polar surface area (TPSA) is 113 Å². The first kappa shape index (κ1) is 24.5. The van der Waals surface area contributed by atoms with Crippen LogP contribution in [0.25, 0.3) is 5.76 Å². The van der Waals surface area contributed by atoms with Crippen molar-refractivity contribution in [3.63, 3.8) is 0 Å². The van der Waals surface area contributed by atoms with Crippen molar-refractivity contribution in [1.29, 1.82) is 0 Å². The largest absolute Gasteiger partial charge is 0.507 e. The Morgan fingerprint density at radius 1 is 1.14 bits per heavy atom. The molecule has 2 aliphatic rings. The first-order valence-corrected chi connectivity index (χ1v) is 11.4. The van der Waals surface area contributed by atoms with E-state index in [4.69, 9.17) is 4.74 Å². The standard InChI is InChI=1S/C25H26FN3O6/c1-16-3-4-18(15-20(16)26)23(30)21-22(17-5-7-19(8-6-17)29(33)34)28(25(32)24(21)31)10-2-9-27-11-13-35-14-12-27/h3-8,15,22,30H,2,9-14H2,1H3/b23-21-. The molecule has 4 rings (SSSR count). The van der Waals surface area contributed by atoms with Gasteiger partial charge in [-0.3, -0.25) is 24.6 Å². The zero-order valence-corrected chi connectivity index (χ0v) is 19.3. The number of halogens is 1. The summed E-state index contributed by atoms with van der Waals surface area (Å²) in [5.74, 6) is -2.69. The maximum absolute atomic E-state index is 14.2. The van der Waals surface area contributed by atoms with E-state index in [-0.39, 0.29) is 23.4 Å². The van der Waals surface area contributed by atoms with Crippen LogP contribution in [0.2, 0.25) is 0 Å². The summed E-state index contributed by atoms with van der Waals surface area (Å²) in [5.41, 5.74) is 0.579. The number of hydrogen-bond acceptors (Lipinski definition) is 7. The fraction of sp³-hybridized carbons (Fsp3) is 0.360. The van der Waals surface area contributed by atoms with Gasteiger partial charge in [-0.25, -0.2) is 4.39 Å². The average molecular weight is 483 g/mol. The fourth-order valence-corrected chi connectivity index (χ4v) is 4.42. The molecule has 2 aliphatic heterocycles. The van der Waals surface area contributed by atoms with E-state index in [0.717, 1.165) is 19.2 Å². The van der Waals surface area contributed by atoms with Gasteiger partial charge in [0.1, 0.15) is 11.6 Å². The van der Waals surface area contributed by atoms with Crippen molar-refractivity contribution in [3.8, 4) is 0 Å². The second-order valence-electron chi connectivity index (χ2n) is 8.61. The van der Waals surface area contributed by atoms with Crippen molar-refractivity contribution in [2.24, 2.45) is 0 Å². The molecule has 184 valence electrons. The number of aliphatic hydroxyl groups is 1. The molecule has 1 atom stereocenters. The van der Waals surface area contributed by atoms with E-state index in [1.165, 1.54) is 41.3 Å². The lowest BCUT2D eigenvalue weighted by atomic mass is 9.94. The third-order valence-electron chi connectivity index (χ3n) is 6.38. The van der Waals surface area contributed by atoms with Crippen molar-refractivity contribution in [1.82, 2.24) is 9.80 Å². The van der Waals surface area contributed by atoms with E-state index in [2.05, 4.69) is 4.90 Å². The molecule has 10 heteroatoms. The highest BCUT2D eigenvalue weighted by Crippen LogP contribution is 2.40. The number of benzene rings is 2. The summed E-state index contributed by atoms with van der Waals surface area (Å²) < 4.78 is 19.5. The normalized spacial score (nSPS) is 20.4. The lowest BCUT2D eigenvalue weighted by molar-refractivity contribution is -0.384. The Hall–Kier alpha value is -3.63. The molecular formula is C25H26FN3O6. The van der Waals surface area contributed by atoms with Crippen molar-refractivity contribution in [2.75, 3.05) is 39.4 Å². The minimum absolute atomic E-state index is 0.0753. The lowest BCUT2D eigenvalue weighted by Gasteiger charge is -2.29. The number of non-ortho nitro benzene ring substituents is 1. The molecule has 1 N–H and O–H groups in total. The van der Waals surface area contributed by atoms with Crippen LogP contribution in [0.15, 0.2) is 48.0 Å². The SMILES string of the molecule is Cc1ccc(/C(O)=C2/C(=O)C(=O)N(CCCN3CCOCC3)C2c2ccc([N+](=O)[O-])cc2)cc1F. The van der Waals surface area contributed by atoms with Crippen LogP contribution in [0.3, 0.4) is 0 Å². The average Bonchev–Trinajstić information content (AvgIpc) is 3.11. The predicted octanol–water partition coefficient (Wildman–Crippen LogP) is 3.19. The molecule has 1 amide bonds. The Bertz CT molecular complexity index is 1170. The molecule has 2 aromatic carbocycles. The molecule has 0 spiro atoms. The summed E-state index contributed by atoms with van der Waals surface area (Å²) in [6, 6.07) is 8.62. The third kappa shape index (κ3) is 5.08. The van der Waals surface area contributed by atoms with Crippen LogP contribution in [-0.4, -0.2) is 70.9 Å². The summed E-state index contributed by atoms with van der Waals surface area (Å²) >= 11 is 0. The number of carbonyl (C=O) groups excluding carboxylic acids is 2. The number of aryl methyl sites for hydroxylation is 1. The highest BCUT2D eigenvalue weighted by atomic mass is 19.1. The number of ether oxygens (including phenoxy) is 1. The van der Waals surface area contributed by atoms with Gasteiger partial charge in [0, 0.05) is 43.9 Å². The molecule has 9 nitrogen and oxygen atoms in total. The minimum atomic E-state index is -0.954. The third-order valence-corrected chi connectivity index (χ3v) is 6.38. The van der Waals surface area contributed by atoms with E-state index in [9.17, 15) is 29.2 Å². The van der Waals surface area contributed by atoms with Crippen LogP contribution >= 0.6 is 0 Å². The van der Waals surface area contributed by atoms with E-state index in [1.54, 1.807) is 6.92 Å². The summed E-state index contributed by atoms with van der Waals surface area (Å²) in [6.07, 6.45) is 0.579. The minimum Gasteiger partial charge on any atom is -0.507 e. The van der Waals surface area contributed by atoms with E-state index >= 15 is 0 Å². The molecule has 2 fully saturated rings. The maximum atomic E-state index is 14.2. The molecule has 0 aliphatic carbocycles. The Morgan fingerprint density at radius 3 is 2.46 bits per heavy atom. The summed E-state index contributed by atoms with van der Waals surface area (Å²) in [6.45, 7) is 5.35. The van der Waals surface area contributed by atoms with Crippen LogP contribution < -0.4 is 0 Å². The van der Waals surface area contributed by atoms with Gasteiger partial charge in [-0.15, -0.1) is 0 Å². The molecule has 1 unspecified atom stereocenters. The zero-order chi connectivity index (χ0) is 25.1. The first-order valence-electron chi connectivity index (χ1n) is 11.4. The van der Waals surface area contributed by atoms with E-state index in [1.807, 2.05) is 0 Å². The number of amides is 1. The van der Waals surface area contributed by atoms with Gasteiger partial charge in [0.2, 0.25) is 0 Å². The number of ketones is 1. The smallest absolute Gasteiger partial charge is 0.295 e. The van der Waals surface area contributed by atoms with Crippen LogP contribution in [0, 0.1) is 22.9 Å². The van der Waals surface area contributed by atoms with Gasteiger partial charge in [0.25, 0.3) is 17.4 Å². The predicted molar refractivity (Wildman–Crippen MR) is 125 cm³/mol. The number of nitro groups is 1. The molecule has 35 heavy (non-hydrogen) atoms. The number of likely N-dealkylation sites (tertiary alicyclic amines) is 1. The molecule has 0 aromatic heterocycles. The highest BCUT2D eigenvalue weighted by Gasteiger charge is 2.46. The van der Waals surface area contributed by atoms with Crippen LogP contribution in [0.1, 0.15) is 29.2 Å². The van der Waals surface area contributed by atoms with Gasteiger partial charge in [-0.2, -0.15) is 0 Å². The molecule has 2 heterocycles. The Kier molecular flexibility index (Phi) is 7.23. The van der Waals surface area contributed by atoms with E-state index in [0.29, 0.717) is 37.3 Å². The number of Topliss-reactive ketones (excluding diaryl/α,β-unsaturated/α-hetero) is 1. The summed E-state index contributed by atoms with van der Waals surface area (Å²) in [7, 11) is 0. The number of nitrogens with zero attached hydrogens (tertiary/aromatic N) is 3. The second kappa shape index (κ2) is 10.3. The monoisotopic (exact) mass is 483 g/mol. The van der Waals surface area contributed by atoms with Crippen molar-refractivity contribution >= 4 is 23.1 Å². The number of aliphatic hydroxyl groups excluding tert-OH is 1. The molecule has 0 saturated carbocycles. The van der Waals surface area contributed by atoms with Crippen LogP contribution in [0.4, 0.5) is 10.1 Å². The first-order chi connectivity index (χ1) is 16.8. The van der Waals surface area contributed by atoms with Crippen molar-refractivity contribution in [3.05, 3.63) is 80.7 Å². The number of morpholine rings is 1. The molecule has 0 bridgehead atoms. The van der Waals surface area contributed by atoms with Crippen molar-refractivity contribution < 1.29 is 28.7 Å². The molecule has 0 radical (unpaired) electrons. The highest BCUT2D eigenvalue weighted by molar-refractivity contribution is 6.46. The van der Waals surface area contributed by atoms with Gasteiger partial charge in [-0.05, 0) is 42.7 Å². The molecular weight excluding hydrogens is 457 g/mol. The molecule has 2 saturated heterocycles. The van der Waals surface area contributed by atoms with Gasteiger partial charge in [0.15, 0.2) is 0 Å². The Labute approximate surface area is 201 Å². The summed E-state index contributed by atoms with van der Waals surface area (Å²) in [4.78, 5) is 40.2. The van der Waals surface area contributed by atoms with Gasteiger partial charge < -0.3 is 14.7 Å². The number of hydrogen-bond donors (Lipinski definition) is 1.